The van der Waals surface area contributed by atoms with Crippen LogP contribution in [0.15, 0.2) is 16.7 Å². The molecule has 3 nitrogen and oxygen atoms in total. The van der Waals surface area contributed by atoms with Crippen molar-refractivity contribution in [2.24, 2.45) is 5.73 Å². The van der Waals surface area contributed by atoms with Crippen molar-refractivity contribution in [3.05, 3.63) is 22.4 Å². The number of methoxy groups -OCH3 is 1. The quantitative estimate of drug-likeness (QED) is 0.822. The maximum Gasteiger partial charge on any atom is 0.151 e. The van der Waals surface area contributed by atoms with Crippen molar-refractivity contribution in [1.82, 2.24) is 4.98 Å². The van der Waals surface area contributed by atoms with Crippen LogP contribution in [0.2, 0.25) is 0 Å². The van der Waals surface area contributed by atoms with Gasteiger partial charge in [0.1, 0.15) is 4.60 Å². The zero-order chi connectivity index (χ0) is 9.68. The Morgan fingerprint density at radius 1 is 1.54 bits per heavy atom. The number of nitrogens with two attached hydrogens (primary N) is 1. The molecule has 0 amide bonds. The molecule has 4 heteroatoms. The second-order valence-electron chi connectivity index (χ2n) is 2.69. The Morgan fingerprint density at radius 2 is 2.31 bits per heavy atom. The molecule has 13 heavy (non-hydrogen) atoms. The minimum Gasteiger partial charge on any atom is -0.494 e. The molecule has 0 aliphatic rings. The summed E-state index contributed by atoms with van der Waals surface area (Å²) in [6.07, 6.45) is 1.88. The summed E-state index contributed by atoms with van der Waals surface area (Å²) < 4.78 is 5.82. The molecule has 1 aromatic heterocycles. The molecular weight excluding hydrogens is 232 g/mol. The molecule has 72 valence electrons. The van der Waals surface area contributed by atoms with Crippen molar-refractivity contribution in [3.8, 4) is 5.75 Å². The molecule has 0 atom stereocenters. The normalized spacial score (nSPS) is 10.1. The predicted octanol–water partition coefficient (Wildman–Crippen LogP) is 1.74. The lowest BCUT2D eigenvalue weighted by atomic mass is 10.2. The highest BCUT2D eigenvalue weighted by molar-refractivity contribution is 9.10. The van der Waals surface area contributed by atoms with Crippen LogP contribution in [0.5, 0.6) is 5.75 Å². The monoisotopic (exact) mass is 244 g/mol. The zero-order valence-electron chi connectivity index (χ0n) is 7.59. The molecule has 1 aromatic rings. The molecule has 0 saturated carbocycles. The Bertz CT molecular complexity index is 278. The summed E-state index contributed by atoms with van der Waals surface area (Å²) in [6.45, 7) is 0.700. The summed E-state index contributed by atoms with van der Waals surface area (Å²) in [5.74, 6) is 0.761. The molecule has 0 aliphatic carbocycles. The number of ether oxygens (including phenoxy) is 1. The topological polar surface area (TPSA) is 48.1 Å². The van der Waals surface area contributed by atoms with E-state index in [-0.39, 0.29) is 0 Å². The van der Waals surface area contributed by atoms with Gasteiger partial charge in [-0.15, -0.1) is 0 Å². The summed E-state index contributed by atoms with van der Waals surface area (Å²) in [6, 6.07) is 3.86. The fourth-order valence-electron chi connectivity index (χ4n) is 1.03. The third-order valence-corrected chi connectivity index (χ3v) is 2.30. The van der Waals surface area contributed by atoms with Crippen molar-refractivity contribution >= 4 is 15.9 Å². The highest BCUT2D eigenvalue weighted by Crippen LogP contribution is 2.22. The highest BCUT2D eigenvalue weighted by Gasteiger charge is 2.02. The average molecular weight is 245 g/mol. The van der Waals surface area contributed by atoms with Crippen LogP contribution in [0.4, 0.5) is 0 Å². The number of hydrogen-bond acceptors (Lipinski definition) is 3. The van der Waals surface area contributed by atoms with Gasteiger partial charge >= 0.3 is 0 Å². The second kappa shape index (κ2) is 5.19. The van der Waals surface area contributed by atoms with Crippen LogP contribution in [-0.4, -0.2) is 18.6 Å². The van der Waals surface area contributed by atoms with Gasteiger partial charge in [-0.1, -0.05) is 0 Å². The van der Waals surface area contributed by atoms with E-state index in [1.54, 1.807) is 7.11 Å². The van der Waals surface area contributed by atoms with Gasteiger partial charge in [-0.25, -0.2) is 4.98 Å². The standard InChI is InChI=1S/C9H13BrN2O/c1-13-8-5-4-7(3-2-6-11)12-9(8)10/h4-5H,2-3,6,11H2,1H3. The molecule has 0 unspecified atom stereocenters. The van der Waals surface area contributed by atoms with E-state index in [2.05, 4.69) is 20.9 Å². The van der Waals surface area contributed by atoms with Crippen molar-refractivity contribution in [1.29, 1.82) is 0 Å². The summed E-state index contributed by atoms with van der Waals surface area (Å²) in [5, 5.41) is 0. The molecule has 1 rings (SSSR count). The fraction of sp³-hybridized carbons (Fsp3) is 0.444. The molecule has 2 N–H and O–H groups in total. The number of nitrogens with zero attached hydrogens (tertiary/aromatic N) is 1. The van der Waals surface area contributed by atoms with Crippen LogP contribution < -0.4 is 10.5 Å². The van der Waals surface area contributed by atoms with Gasteiger partial charge in [-0.3, -0.25) is 0 Å². The molecule has 0 fully saturated rings. The Hall–Kier alpha value is -0.610. The minimum atomic E-state index is 0.700. The van der Waals surface area contributed by atoms with Crippen molar-refractivity contribution < 1.29 is 4.74 Å². The summed E-state index contributed by atoms with van der Waals surface area (Å²) >= 11 is 3.33. The summed E-state index contributed by atoms with van der Waals surface area (Å²) in [5.41, 5.74) is 6.45. The smallest absolute Gasteiger partial charge is 0.151 e. The molecule has 1 heterocycles. The van der Waals surface area contributed by atoms with Crippen LogP contribution >= 0.6 is 15.9 Å². The van der Waals surface area contributed by atoms with E-state index >= 15 is 0 Å². The van der Waals surface area contributed by atoms with E-state index in [1.165, 1.54) is 0 Å². The summed E-state index contributed by atoms with van der Waals surface area (Å²) in [4.78, 5) is 4.32. The SMILES string of the molecule is COc1ccc(CCCN)nc1Br. The number of halogens is 1. The number of pyridine rings is 1. The van der Waals surface area contributed by atoms with Gasteiger partial charge in [0.05, 0.1) is 7.11 Å². The van der Waals surface area contributed by atoms with Crippen molar-refractivity contribution in [3.63, 3.8) is 0 Å². The van der Waals surface area contributed by atoms with Gasteiger partial charge in [0, 0.05) is 5.69 Å². The van der Waals surface area contributed by atoms with E-state index in [0.29, 0.717) is 6.54 Å². The maximum absolute atomic E-state index is 5.41. The van der Waals surface area contributed by atoms with Crippen LogP contribution in [0.3, 0.4) is 0 Å². The number of aromatic nitrogens is 1. The molecule has 0 spiro atoms. The van der Waals surface area contributed by atoms with E-state index in [4.69, 9.17) is 10.5 Å². The summed E-state index contributed by atoms with van der Waals surface area (Å²) in [7, 11) is 1.63. The molecule has 0 bridgehead atoms. The van der Waals surface area contributed by atoms with Crippen LogP contribution in [0.25, 0.3) is 0 Å². The van der Waals surface area contributed by atoms with Gasteiger partial charge < -0.3 is 10.5 Å². The van der Waals surface area contributed by atoms with E-state index in [9.17, 15) is 0 Å². The number of hydrogen-bond donors (Lipinski definition) is 1. The first kappa shape index (κ1) is 10.5. The predicted molar refractivity (Wildman–Crippen MR) is 55.9 cm³/mol. The third-order valence-electron chi connectivity index (χ3n) is 1.73. The van der Waals surface area contributed by atoms with Crippen molar-refractivity contribution in [2.75, 3.05) is 13.7 Å². The Kier molecular flexibility index (Phi) is 4.18. The molecule has 0 aromatic carbocycles. The fourth-order valence-corrected chi connectivity index (χ4v) is 1.56. The van der Waals surface area contributed by atoms with E-state index < -0.39 is 0 Å². The lowest BCUT2D eigenvalue weighted by Gasteiger charge is -2.04. The number of aryl methyl sites for hydroxylation is 1. The van der Waals surface area contributed by atoms with Gasteiger partial charge in [0.2, 0.25) is 0 Å². The first-order valence-corrected chi connectivity index (χ1v) is 4.96. The third kappa shape index (κ3) is 2.97. The van der Waals surface area contributed by atoms with Crippen LogP contribution in [0, 0.1) is 0 Å². The minimum absolute atomic E-state index is 0.700. The maximum atomic E-state index is 5.41. The van der Waals surface area contributed by atoms with Gasteiger partial charge in [-0.2, -0.15) is 0 Å². The molecular formula is C9H13BrN2O. The average Bonchev–Trinajstić information content (AvgIpc) is 2.15. The lowest BCUT2D eigenvalue weighted by molar-refractivity contribution is 0.409. The first-order chi connectivity index (χ1) is 6.27. The van der Waals surface area contributed by atoms with Crippen LogP contribution in [-0.2, 0) is 6.42 Å². The molecule has 0 aliphatic heterocycles. The molecule has 0 radical (unpaired) electrons. The number of rotatable bonds is 4. The molecule has 0 saturated heterocycles. The zero-order valence-corrected chi connectivity index (χ0v) is 9.17. The van der Waals surface area contributed by atoms with Gasteiger partial charge in [0.25, 0.3) is 0 Å². The van der Waals surface area contributed by atoms with Gasteiger partial charge in [-0.05, 0) is 47.4 Å². The first-order valence-electron chi connectivity index (χ1n) is 4.17. The lowest BCUT2D eigenvalue weighted by Crippen LogP contribution is -2.01. The Labute approximate surface area is 86.4 Å². The van der Waals surface area contributed by atoms with E-state index in [0.717, 1.165) is 28.9 Å². The highest BCUT2D eigenvalue weighted by atomic mass is 79.9. The Morgan fingerprint density at radius 3 is 2.85 bits per heavy atom. The second-order valence-corrected chi connectivity index (χ2v) is 3.44. The Balaban J connectivity index is 2.71. The van der Waals surface area contributed by atoms with Crippen molar-refractivity contribution in [2.45, 2.75) is 12.8 Å². The van der Waals surface area contributed by atoms with Gasteiger partial charge in [0.15, 0.2) is 5.75 Å². The van der Waals surface area contributed by atoms with Crippen LogP contribution in [0.1, 0.15) is 12.1 Å². The van der Waals surface area contributed by atoms with E-state index in [1.807, 2.05) is 12.1 Å². The largest absolute Gasteiger partial charge is 0.494 e.